The van der Waals surface area contributed by atoms with Crippen LogP contribution in [-0.4, -0.2) is 19.8 Å². The van der Waals surface area contributed by atoms with Crippen LogP contribution >= 0.6 is 11.8 Å². The van der Waals surface area contributed by atoms with Crippen LogP contribution in [0.2, 0.25) is 0 Å². The molecule has 0 atom stereocenters. The van der Waals surface area contributed by atoms with E-state index in [1.165, 1.54) is 34.5 Å². The second kappa shape index (κ2) is 7.23. The number of fused-ring (bicyclic) bond motifs is 1. The van der Waals surface area contributed by atoms with Gasteiger partial charge in [-0.1, -0.05) is 30.0 Å². The van der Waals surface area contributed by atoms with Crippen LogP contribution in [0.5, 0.6) is 0 Å². The average molecular weight is 404 g/mol. The first kappa shape index (κ1) is 18.4. The van der Waals surface area contributed by atoms with E-state index >= 15 is 0 Å². The fourth-order valence-electron chi connectivity index (χ4n) is 2.62. The molecule has 4 nitrogen and oxygen atoms in total. The number of nitrogens with zero attached hydrogens (tertiary/aromatic N) is 4. The second-order valence-electron chi connectivity index (χ2n) is 5.96. The third kappa shape index (κ3) is 3.84. The van der Waals surface area contributed by atoms with Gasteiger partial charge in [0.15, 0.2) is 11.5 Å². The van der Waals surface area contributed by atoms with Crippen LogP contribution in [-0.2, 0) is 11.9 Å². The van der Waals surface area contributed by atoms with Crippen molar-refractivity contribution in [2.75, 3.05) is 0 Å². The Morgan fingerprint density at radius 2 is 1.71 bits per heavy atom. The van der Waals surface area contributed by atoms with E-state index in [1.807, 2.05) is 0 Å². The molecule has 28 heavy (non-hydrogen) atoms. The Bertz CT molecular complexity index is 1120. The van der Waals surface area contributed by atoms with Gasteiger partial charge < -0.3 is 0 Å². The third-order valence-electron chi connectivity index (χ3n) is 3.98. The van der Waals surface area contributed by atoms with E-state index in [-0.39, 0.29) is 5.82 Å². The van der Waals surface area contributed by atoms with Crippen LogP contribution in [0.4, 0.5) is 17.6 Å². The number of alkyl halides is 3. The number of rotatable bonds is 4. The van der Waals surface area contributed by atoms with Crippen LogP contribution < -0.4 is 0 Å². The predicted molar refractivity (Wildman–Crippen MR) is 97.2 cm³/mol. The van der Waals surface area contributed by atoms with Crippen molar-refractivity contribution in [1.82, 2.24) is 19.8 Å². The number of benzene rings is 2. The molecule has 0 saturated carbocycles. The van der Waals surface area contributed by atoms with Gasteiger partial charge in [0.25, 0.3) is 0 Å². The van der Waals surface area contributed by atoms with Crippen molar-refractivity contribution in [2.24, 2.45) is 0 Å². The van der Waals surface area contributed by atoms with Gasteiger partial charge in [-0.05, 0) is 48.0 Å². The topological polar surface area (TPSA) is 43.1 Å². The lowest BCUT2D eigenvalue weighted by molar-refractivity contribution is -0.137. The maximum Gasteiger partial charge on any atom is 0.416 e. The van der Waals surface area contributed by atoms with Crippen molar-refractivity contribution in [1.29, 1.82) is 0 Å². The minimum atomic E-state index is -4.37. The normalized spacial score (nSPS) is 11.9. The fraction of sp³-hybridized carbons (Fsp3) is 0.105. The summed E-state index contributed by atoms with van der Waals surface area (Å²) in [5.74, 6) is 0.426. The summed E-state index contributed by atoms with van der Waals surface area (Å²) in [5, 5.41) is 13.2. The Kier molecular flexibility index (Phi) is 4.76. The van der Waals surface area contributed by atoms with Crippen molar-refractivity contribution in [3.63, 3.8) is 0 Å². The summed E-state index contributed by atoms with van der Waals surface area (Å²) in [4.78, 5) is 0. The largest absolute Gasteiger partial charge is 0.416 e. The molecule has 0 radical (unpaired) electrons. The molecule has 0 amide bonds. The number of hydrogen-bond acceptors (Lipinski definition) is 4. The molecule has 2 aromatic heterocycles. The number of hydrogen-bond donors (Lipinski definition) is 0. The maximum atomic E-state index is 13.1. The van der Waals surface area contributed by atoms with Gasteiger partial charge in [0.05, 0.1) is 5.56 Å². The number of aromatic nitrogens is 4. The predicted octanol–water partition coefficient (Wildman–Crippen LogP) is 5.24. The fourth-order valence-corrected chi connectivity index (χ4v) is 3.42. The summed E-state index contributed by atoms with van der Waals surface area (Å²) in [6.07, 6.45) is -4.37. The monoisotopic (exact) mass is 404 g/mol. The summed E-state index contributed by atoms with van der Waals surface area (Å²) >= 11 is 1.30. The molecule has 0 unspecified atom stereocenters. The smallest absolute Gasteiger partial charge is 0.207 e. The van der Waals surface area contributed by atoms with Crippen LogP contribution in [0, 0.1) is 5.82 Å². The van der Waals surface area contributed by atoms with Gasteiger partial charge in [-0.15, -0.1) is 10.2 Å². The lowest BCUT2D eigenvalue weighted by Gasteiger charge is -2.08. The Hall–Kier alpha value is -2.94. The summed E-state index contributed by atoms with van der Waals surface area (Å²) in [7, 11) is 0. The SMILES string of the molecule is Fc1ccc(-c2nnc3ccc(SCc4cccc(C(F)(F)F)c4)nn23)cc1. The highest BCUT2D eigenvalue weighted by Gasteiger charge is 2.30. The van der Waals surface area contributed by atoms with Crippen LogP contribution in [0.3, 0.4) is 0 Å². The molecule has 4 aromatic rings. The van der Waals surface area contributed by atoms with Gasteiger partial charge in [-0.3, -0.25) is 0 Å². The Morgan fingerprint density at radius 1 is 0.929 bits per heavy atom. The first-order chi connectivity index (χ1) is 13.4. The van der Waals surface area contributed by atoms with Gasteiger partial charge in [0.2, 0.25) is 0 Å². The molecule has 9 heteroatoms. The van der Waals surface area contributed by atoms with E-state index in [9.17, 15) is 17.6 Å². The molecule has 2 aromatic carbocycles. The molecule has 0 aliphatic heterocycles. The van der Waals surface area contributed by atoms with E-state index < -0.39 is 11.7 Å². The molecule has 0 bridgehead atoms. The van der Waals surface area contributed by atoms with E-state index in [4.69, 9.17) is 0 Å². The van der Waals surface area contributed by atoms with Gasteiger partial charge >= 0.3 is 6.18 Å². The summed E-state index contributed by atoms with van der Waals surface area (Å²) in [5.41, 5.74) is 1.04. The average Bonchev–Trinajstić information content (AvgIpc) is 3.10. The van der Waals surface area contributed by atoms with E-state index in [0.717, 1.165) is 12.1 Å². The number of halogens is 4. The lowest BCUT2D eigenvalue weighted by Crippen LogP contribution is -2.05. The highest BCUT2D eigenvalue weighted by Crippen LogP contribution is 2.31. The minimum Gasteiger partial charge on any atom is -0.207 e. The highest BCUT2D eigenvalue weighted by atomic mass is 32.2. The summed E-state index contributed by atoms with van der Waals surface area (Å²) in [6.45, 7) is 0. The van der Waals surface area contributed by atoms with Crippen molar-refractivity contribution in [2.45, 2.75) is 17.0 Å². The molecule has 0 N–H and O–H groups in total. The first-order valence-corrected chi connectivity index (χ1v) is 9.16. The highest BCUT2D eigenvalue weighted by molar-refractivity contribution is 7.98. The van der Waals surface area contributed by atoms with Crippen molar-refractivity contribution in [3.05, 3.63) is 77.6 Å². The molecule has 0 spiro atoms. The zero-order valence-corrected chi connectivity index (χ0v) is 15.0. The molecule has 0 fully saturated rings. The Balaban J connectivity index is 1.58. The maximum absolute atomic E-state index is 13.1. The van der Waals surface area contributed by atoms with Crippen molar-refractivity contribution >= 4 is 17.4 Å². The molecule has 0 saturated heterocycles. The Labute approximate surface area is 161 Å². The van der Waals surface area contributed by atoms with E-state index in [1.54, 1.807) is 30.3 Å². The first-order valence-electron chi connectivity index (χ1n) is 8.17. The molecule has 0 aliphatic rings. The minimum absolute atomic E-state index is 0.330. The molecule has 4 rings (SSSR count). The second-order valence-corrected chi connectivity index (χ2v) is 6.95. The zero-order chi connectivity index (χ0) is 19.7. The lowest BCUT2D eigenvalue weighted by atomic mass is 10.1. The summed E-state index contributed by atoms with van der Waals surface area (Å²) < 4.78 is 53.2. The Morgan fingerprint density at radius 3 is 2.46 bits per heavy atom. The third-order valence-corrected chi connectivity index (χ3v) is 4.97. The quantitative estimate of drug-likeness (QED) is 0.345. The molecule has 0 aliphatic carbocycles. The van der Waals surface area contributed by atoms with Crippen molar-refractivity contribution < 1.29 is 17.6 Å². The molecular formula is C19H12F4N4S. The van der Waals surface area contributed by atoms with Gasteiger partial charge in [0, 0.05) is 11.3 Å². The van der Waals surface area contributed by atoms with Crippen LogP contribution in [0.1, 0.15) is 11.1 Å². The van der Waals surface area contributed by atoms with E-state index in [2.05, 4.69) is 15.3 Å². The summed E-state index contributed by atoms with van der Waals surface area (Å²) in [6, 6.07) is 14.5. The number of thioether (sulfide) groups is 1. The van der Waals surface area contributed by atoms with E-state index in [0.29, 0.717) is 33.4 Å². The molecule has 142 valence electrons. The van der Waals surface area contributed by atoms with Gasteiger partial charge in [-0.25, -0.2) is 4.39 Å². The van der Waals surface area contributed by atoms with Crippen LogP contribution in [0.25, 0.3) is 17.0 Å². The standard InChI is InChI=1S/C19H12F4N4S/c20-15-6-4-13(5-7-15)18-25-24-16-8-9-17(26-27(16)18)28-11-12-2-1-3-14(10-12)19(21,22)23/h1-10H,11H2. The molecule has 2 heterocycles. The van der Waals surface area contributed by atoms with Gasteiger partial charge in [-0.2, -0.15) is 22.8 Å². The van der Waals surface area contributed by atoms with Crippen molar-refractivity contribution in [3.8, 4) is 11.4 Å². The molecular weight excluding hydrogens is 392 g/mol. The van der Waals surface area contributed by atoms with Crippen LogP contribution in [0.15, 0.2) is 65.7 Å². The van der Waals surface area contributed by atoms with Gasteiger partial charge in [0.1, 0.15) is 10.8 Å². The zero-order valence-electron chi connectivity index (χ0n) is 14.2.